The number of aromatic nitrogens is 3. The molecule has 0 aliphatic carbocycles. The molecule has 6 rings (SSSR count). The van der Waals surface area contributed by atoms with Gasteiger partial charge in [0, 0.05) is 37.0 Å². The topological polar surface area (TPSA) is 95.5 Å². The minimum absolute atomic E-state index is 0.185. The van der Waals surface area contributed by atoms with E-state index in [1.807, 2.05) is 13.8 Å². The van der Waals surface area contributed by atoms with Crippen LogP contribution in [0.4, 0.5) is 8.78 Å². The first-order chi connectivity index (χ1) is 19.2. The van der Waals surface area contributed by atoms with Crippen molar-refractivity contribution in [1.29, 1.82) is 0 Å². The molecule has 0 N–H and O–H groups in total. The van der Waals surface area contributed by atoms with Crippen molar-refractivity contribution in [2.45, 2.75) is 19.4 Å². The molecule has 0 spiro atoms. The van der Waals surface area contributed by atoms with Gasteiger partial charge < -0.3 is 9.80 Å². The molecule has 4 aromatic rings. The highest BCUT2D eigenvalue weighted by molar-refractivity contribution is 6.40. The molecule has 9 nitrogen and oxygen atoms in total. The van der Waals surface area contributed by atoms with Gasteiger partial charge in [0.1, 0.15) is 17.3 Å². The molecule has 2 aliphatic rings. The smallest absolute Gasteiger partial charge is 0.291 e. The van der Waals surface area contributed by atoms with E-state index in [0.29, 0.717) is 54.2 Å². The maximum atomic E-state index is 13.8. The monoisotopic (exact) mass is 541 g/mol. The number of nitrogens with zero attached hydrogens (tertiary/aromatic N) is 7. The number of imidazole rings is 1. The van der Waals surface area contributed by atoms with Gasteiger partial charge in [0.2, 0.25) is 5.84 Å². The predicted octanol–water partition coefficient (Wildman–Crippen LogP) is 3.89. The van der Waals surface area contributed by atoms with E-state index in [2.05, 4.69) is 20.1 Å². The predicted molar refractivity (Wildman–Crippen MR) is 146 cm³/mol. The Morgan fingerprint density at radius 2 is 1.57 bits per heavy atom. The van der Waals surface area contributed by atoms with E-state index in [1.54, 1.807) is 52.5 Å². The van der Waals surface area contributed by atoms with Crippen molar-refractivity contribution in [3.8, 4) is 22.4 Å². The number of fused-ring (bicyclic) bond motifs is 1. The number of halogens is 2. The van der Waals surface area contributed by atoms with E-state index in [1.165, 1.54) is 28.8 Å². The third-order valence-corrected chi connectivity index (χ3v) is 7.10. The summed E-state index contributed by atoms with van der Waals surface area (Å²) in [5, 5.41) is 4.65. The molecule has 1 fully saturated rings. The van der Waals surface area contributed by atoms with Crippen LogP contribution in [0.25, 0.3) is 28.0 Å². The van der Waals surface area contributed by atoms with E-state index >= 15 is 0 Å². The highest BCUT2D eigenvalue weighted by atomic mass is 19.1. The van der Waals surface area contributed by atoms with Crippen LogP contribution in [0.5, 0.6) is 0 Å². The maximum Gasteiger partial charge on any atom is 0.291 e. The van der Waals surface area contributed by atoms with E-state index < -0.39 is 5.54 Å². The number of benzene rings is 2. The lowest BCUT2D eigenvalue weighted by Gasteiger charge is -2.46. The Labute approximate surface area is 228 Å². The number of amides is 2. The second kappa shape index (κ2) is 9.74. The quantitative estimate of drug-likeness (QED) is 0.392. The van der Waals surface area contributed by atoms with Crippen molar-refractivity contribution in [1.82, 2.24) is 24.4 Å². The number of piperazine rings is 1. The van der Waals surface area contributed by atoms with Gasteiger partial charge in [-0.25, -0.2) is 23.3 Å². The fourth-order valence-electron chi connectivity index (χ4n) is 5.09. The molecule has 202 valence electrons. The molecule has 2 aliphatic heterocycles. The van der Waals surface area contributed by atoms with Gasteiger partial charge in [-0.2, -0.15) is 5.10 Å². The molecular formula is C29H25F2N7O2. The molecule has 4 heterocycles. The number of hydrogen-bond donors (Lipinski definition) is 0. The van der Waals surface area contributed by atoms with E-state index in [9.17, 15) is 18.4 Å². The lowest BCUT2D eigenvalue weighted by atomic mass is 9.98. The average molecular weight is 542 g/mol. The van der Waals surface area contributed by atoms with Crippen LogP contribution >= 0.6 is 0 Å². The molecule has 0 saturated carbocycles. The first kappa shape index (κ1) is 25.5. The summed E-state index contributed by atoms with van der Waals surface area (Å²) in [4.78, 5) is 42.8. The van der Waals surface area contributed by atoms with Crippen molar-refractivity contribution in [2.75, 3.05) is 26.2 Å². The van der Waals surface area contributed by atoms with Crippen LogP contribution in [0.3, 0.4) is 0 Å². The molecule has 0 radical (unpaired) electrons. The van der Waals surface area contributed by atoms with Gasteiger partial charge >= 0.3 is 0 Å². The van der Waals surface area contributed by atoms with Crippen LogP contribution in [-0.4, -0.2) is 80.0 Å². The Hall–Kier alpha value is -4.80. The summed E-state index contributed by atoms with van der Waals surface area (Å²) in [6.45, 7) is 5.15. The average Bonchev–Trinajstić information content (AvgIpc) is 3.63. The van der Waals surface area contributed by atoms with Gasteiger partial charge in [-0.15, -0.1) is 0 Å². The summed E-state index contributed by atoms with van der Waals surface area (Å²) in [5.74, 6) is -1.10. The third-order valence-electron chi connectivity index (χ3n) is 7.10. The number of carbonyl (C=O) groups excluding carboxylic acids is 2. The van der Waals surface area contributed by atoms with Crippen molar-refractivity contribution in [3.63, 3.8) is 0 Å². The van der Waals surface area contributed by atoms with Crippen molar-refractivity contribution in [2.24, 2.45) is 9.98 Å². The van der Waals surface area contributed by atoms with Crippen LogP contribution in [0.2, 0.25) is 0 Å². The van der Waals surface area contributed by atoms with E-state index in [-0.39, 0.29) is 35.0 Å². The van der Waals surface area contributed by atoms with Gasteiger partial charge in [0.15, 0.2) is 5.65 Å². The SMILES string of the molecule is CC1(C)CN(C(=O)C2=NCC=N2)CCN1C(=O)c1cn2nc(-c3ccc(F)cc3)cc(-c3ccc(F)cc3)c2n1. The minimum atomic E-state index is -0.684. The van der Waals surface area contributed by atoms with Crippen molar-refractivity contribution < 1.29 is 18.4 Å². The summed E-state index contributed by atoms with van der Waals surface area (Å²) in [5.41, 5.74) is 2.46. The fourth-order valence-corrected chi connectivity index (χ4v) is 5.09. The molecule has 0 unspecified atom stereocenters. The molecule has 40 heavy (non-hydrogen) atoms. The molecule has 2 aromatic carbocycles. The molecule has 1 saturated heterocycles. The Balaban J connectivity index is 1.36. The van der Waals surface area contributed by atoms with Gasteiger partial charge in [-0.1, -0.05) is 12.1 Å². The largest absolute Gasteiger partial charge is 0.332 e. The summed E-state index contributed by atoms with van der Waals surface area (Å²) in [7, 11) is 0. The van der Waals surface area contributed by atoms with Gasteiger partial charge in [-0.3, -0.25) is 14.6 Å². The van der Waals surface area contributed by atoms with Crippen LogP contribution in [0, 0.1) is 11.6 Å². The standard InChI is InChI=1S/C29H25F2N7O2/c1-29(2)17-36(28(40)25-32-11-12-33-25)13-14-37(29)27(39)24-16-38-26(34-24)22(18-3-7-20(30)8-4-18)15-23(35-38)19-5-9-21(31)10-6-19/h3-11,15-16H,12-14,17H2,1-2H3. The second-order valence-corrected chi connectivity index (χ2v) is 10.3. The molecule has 11 heteroatoms. The first-order valence-corrected chi connectivity index (χ1v) is 12.8. The molecule has 0 atom stereocenters. The normalized spacial score (nSPS) is 16.4. The summed E-state index contributed by atoms with van der Waals surface area (Å²) in [6.07, 6.45) is 3.16. The molecular weight excluding hydrogens is 516 g/mol. The second-order valence-electron chi connectivity index (χ2n) is 10.3. The van der Waals surface area contributed by atoms with Crippen LogP contribution in [-0.2, 0) is 4.79 Å². The van der Waals surface area contributed by atoms with E-state index in [0.717, 1.165) is 0 Å². The fraction of sp³-hybridized carbons (Fsp3) is 0.241. The Morgan fingerprint density at radius 3 is 2.20 bits per heavy atom. The third kappa shape index (κ3) is 4.63. The lowest BCUT2D eigenvalue weighted by molar-refractivity contribution is -0.128. The van der Waals surface area contributed by atoms with Gasteiger partial charge in [0.25, 0.3) is 11.8 Å². The van der Waals surface area contributed by atoms with Gasteiger partial charge in [-0.05, 0) is 61.9 Å². The zero-order valence-electron chi connectivity index (χ0n) is 21.9. The minimum Gasteiger partial charge on any atom is -0.332 e. The number of rotatable bonds is 4. The van der Waals surface area contributed by atoms with Crippen LogP contribution in [0.1, 0.15) is 24.3 Å². The number of amidine groups is 1. The first-order valence-electron chi connectivity index (χ1n) is 12.8. The van der Waals surface area contributed by atoms with Gasteiger partial charge in [0.05, 0.1) is 24.0 Å². The van der Waals surface area contributed by atoms with Crippen LogP contribution in [0.15, 0.2) is 70.8 Å². The van der Waals surface area contributed by atoms with Crippen molar-refractivity contribution in [3.05, 3.63) is 78.1 Å². The maximum absolute atomic E-state index is 13.8. The molecule has 2 amide bonds. The number of hydrogen-bond acceptors (Lipinski definition) is 6. The van der Waals surface area contributed by atoms with Crippen LogP contribution < -0.4 is 0 Å². The number of carbonyl (C=O) groups is 2. The number of aliphatic imine (C=N–C) groups is 2. The van der Waals surface area contributed by atoms with Crippen molar-refractivity contribution >= 4 is 29.5 Å². The highest BCUT2D eigenvalue weighted by Crippen LogP contribution is 2.30. The Morgan fingerprint density at radius 1 is 0.900 bits per heavy atom. The Kier molecular flexibility index (Phi) is 6.21. The zero-order chi connectivity index (χ0) is 28.0. The summed E-state index contributed by atoms with van der Waals surface area (Å²) in [6, 6.07) is 13.7. The molecule has 2 aromatic heterocycles. The lowest BCUT2D eigenvalue weighted by Crippen LogP contribution is -2.62. The summed E-state index contributed by atoms with van der Waals surface area (Å²) >= 11 is 0. The zero-order valence-corrected chi connectivity index (χ0v) is 21.9. The highest BCUT2D eigenvalue weighted by Gasteiger charge is 2.40. The van der Waals surface area contributed by atoms with E-state index in [4.69, 9.17) is 0 Å². The molecule has 0 bridgehead atoms. The summed E-state index contributed by atoms with van der Waals surface area (Å²) < 4.78 is 28.8. The Bertz CT molecular complexity index is 1690.